The van der Waals surface area contributed by atoms with Gasteiger partial charge in [-0.15, -0.1) is 0 Å². The second-order valence-electron chi connectivity index (χ2n) is 5.93. The summed E-state index contributed by atoms with van der Waals surface area (Å²) in [5, 5.41) is 0. The minimum atomic E-state index is -0.569. The Kier molecular flexibility index (Phi) is 3.52. The van der Waals surface area contributed by atoms with Crippen LogP contribution < -0.4 is 4.74 Å². The van der Waals surface area contributed by atoms with Crippen LogP contribution in [0.5, 0.6) is 5.75 Å². The molecule has 1 heterocycles. The van der Waals surface area contributed by atoms with E-state index in [4.69, 9.17) is 4.74 Å². The molecular formula is C17H15BrF2O. The van der Waals surface area contributed by atoms with Crippen molar-refractivity contribution in [2.75, 3.05) is 0 Å². The first-order chi connectivity index (χ1) is 9.85. The summed E-state index contributed by atoms with van der Waals surface area (Å²) in [6.45, 7) is 4.08. The molecule has 0 N–H and O–H groups in total. The predicted molar refractivity (Wildman–Crippen MR) is 82.0 cm³/mol. The van der Waals surface area contributed by atoms with E-state index in [-0.39, 0.29) is 10.4 Å². The van der Waals surface area contributed by atoms with E-state index in [1.165, 1.54) is 12.1 Å². The zero-order chi connectivity index (χ0) is 15.2. The first-order valence-electron chi connectivity index (χ1n) is 6.76. The Morgan fingerprint density at radius 2 is 1.90 bits per heavy atom. The van der Waals surface area contributed by atoms with Gasteiger partial charge >= 0.3 is 0 Å². The Balaban J connectivity index is 1.95. The van der Waals surface area contributed by atoms with E-state index in [2.05, 4.69) is 15.9 Å². The monoisotopic (exact) mass is 352 g/mol. The van der Waals surface area contributed by atoms with Crippen LogP contribution in [0.3, 0.4) is 0 Å². The highest BCUT2D eigenvalue weighted by Gasteiger charge is 2.30. The van der Waals surface area contributed by atoms with Gasteiger partial charge in [0.15, 0.2) is 0 Å². The van der Waals surface area contributed by atoms with Crippen LogP contribution in [0.4, 0.5) is 8.78 Å². The number of rotatable bonds is 2. The molecular weight excluding hydrogens is 338 g/mol. The van der Waals surface area contributed by atoms with Crippen molar-refractivity contribution in [3.63, 3.8) is 0 Å². The van der Waals surface area contributed by atoms with Crippen molar-refractivity contribution in [2.24, 2.45) is 0 Å². The molecule has 1 nitrogen and oxygen atoms in total. The van der Waals surface area contributed by atoms with Crippen LogP contribution in [-0.4, -0.2) is 5.60 Å². The molecule has 2 aromatic carbocycles. The molecule has 2 aromatic rings. The number of ether oxygens (including phenoxy) is 1. The van der Waals surface area contributed by atoms with Crippen LogP contribution >= 0.6 is 15.9 Å². The van der Waals surface area contributed by atoms with Gasteiger partial charge in [-0.1, -0.05) is 34.1 Å². The topological polar surface area (TPSA) is 9.23 Å². The molecule has 21 heavy (non-hydrogen) atoms. The van der Waals surface area contributed by atoms with Gasteiger partial charge in [-0.2, -0.15) is 0 Å². The maximum absolute atomic E-state index is 13.9. The highest BCUT2D eigenvalue weighted by Crippen LogP contribution is 2.39. The lowest BCUT2D eigenvalue weighted by molar-refractivity contribution is 0.138. The van der Waals surface area contributed by atoms with Gasteiger partial charge in [0, 0.05) is 18.1 Å². The molecule has 0 aromatic heterocycles. The van der Waals surface area contributed by atoms with Gasteiger partial charge in [-0.05, 0) is 37.1 Å². The quantitative estimate of drug-likeness (QED) is 0.678. The minimum Gasteiger partial charge on any atom is -0.487 e. The molecule has 0 saturated heterocycles. The molecule has 0 aliphatic carbocycles. The van der Waals surface area contributed by atoms with E-state index in [0.717, 1.165) is 29.4 Å². The molecule has 0 radical (unpaired) electrons. The highest BCUT2D eigenvalue weighted by molar-refractivity contribution is 9.09. The van der Waals surface area contributed by atoms with E-state index in [1.807, 2.05) is 32.0 Å². The van der Waals surface area contributed by atoms with Crippen molar-refractivity contribution in [1.29, 1.82) is 0 Å². The van der Waals surface area contributed by atoms with E-state index in [1.54, 1.807) is 0 Å². The molecule has 1 unspecified atom stereocenters. The molecule has 1 atom stereocenters. The smallest absolute Gasteiger partial charge is 0.130 e. The Bertz CT molecular complexity index is 697. The average molecular weight is 353 g/mol. The van der Waals surface area contributed by atoms with E-state index in [0.29, 0.717) is 5.56 Å². The summed E-state index contributed by atoms with van der Waals surface area (Å²) in [4.78, 5) is -0.313. The van der Waals surface area contributed by atoms with E-state index in [9.17, 15) is 8.78 Å². The lowest BCUT2D eigenvalue weighted by Gasteiger charge is -2.16. The normalized spacial score (nSPS) is 17.2. The van der Waals surface area contributed by atoms with Crippen molar-refractivity contribution in [1.82, 2.24) is 0 Å². The SMILES string of the molecule is CC1(C)Cc2cc(C(Br)c3ccc(F)cc3F)ccc2O1. The largest absolute Gasteiger partial charge is 0.487 e. The number of hydrogen-bond acceptors (Lipinski definition) is 1. The van der Waals surface area contributed by atoms with Crippen molar-refractivity contribution >= 4 is 15.9 Å². The van der Waals surface area contributed by atoms with Crippen molar-refractivity contribution < 1.29 is 13.5 Å². The zero-order valence-corrected chi connectivity index (χ0v) is 13.4. The standard InChI is InChI=1S/C17H15BrF2O/c1-17(2)9-11-7-10(3-6-15(11)21-17)16(18)13-5-4-12(19)8-14(13)20/h3-8,16H,9H2,1-2H3. The first kappa shape index (κ1) is 14.5. The molecule has 0 fully saturated rings. The summed E-state index contributed by atoms with van der Waals surface area (Å²) in [6.07, 6.45) is 0.821. The summed E-state index contributed by atoms with van der Waals surface area (Å²) >= 11 is 3.50. The van der Waals surface area contributed by atoms with Crippen LogP contribution in [0.25, 0.3) is 0 Å². The third-order valence-electron chi connectivity index (χ3n) is 3.62. The van der Waals surface area contributed by atoms with Crippen LogP contribution in [0.1, 0.15) is 35.4 Å². The first-order valence-corrected chi connectivity index (χ1v) is 7.68. The van der Waals surface area contributed by atoms with Crippen molar-refractivity contribution in [3.8, 4) is 5.75 Å². The third-order valence-corrected chi connectivity index (χ3v) is 4.64. The second-order valence-corrected chi connectivity index (χ2v) is 6.85. The molecule has 110 valence electrons. The van der Waals surface area contributed by atoms with Gasteiger partial charge in [0.2, 0.25) is 0 Å². The van der Waals surface area contributed by atoms with Crippen LogP contribution in [0, 0.1) is 11.6 Å². The van der Waals surface area contributed by atoms with Gasteiger partial charge in [-0.25, -0.2) is 8.78 Å². The lowest BCUT2D eigenvalue weighted by atomic mass is 9.97. The fourth-order valence-corrected chi connectivity index (χ4v) is 3.33. The molecule has 1 aliphatic rings. The third kappa shape index (κ3) is 2.82. The predicted octanol–water partition coefficient (Wildman–Crippen LogP) is 5.16. The van der Waals surface area contributed by atoms with Gasteiger partial charge < -0.3 is 4.74 Å². The highest BCUT2D eigenvalue weighted by atomic mass is 79.9. The Hall–Kier alpha value is -1.42. The van der Waals surface area contributed by atoms with Gasteiger partial charge in [0.1, 0.15) is 23.0 Å². The van der Waals surface area contributed by atoms with Crippen LogP contribution in [-0.2, 0) is 6.42 Å². The molecule has 0 spiro atoms. The number of benzene rings is 2. The summed E-state index contributed by atoms with van der Waals surface area (Å²) in [5.74, 6) is -0.239. The summed E-state index contributed by atoms with van der Waals surface area (Å²) < 4.78 is 32.7. The van der Waals surface area contributed by atoms with Crippen molar-refractivity contribution in [3.05, 3.63) is 64.7 Å². The summed E-state index contributed by atoms with van der Waals surface area (Å²) in [5.41, 5.74) is 2.27. The average Bonchev–Trinajstić information content (AvgIpc) is 2.70. The maximum atomic E-state index is 13.9. The van der Waals surface area contributed by atoms with Crippen molar-refractivity contribution in [2.45, 2.75) is 30.7 Å². The molecule has 0 bridgehead atoms. The molecule has 0 saturated carbocycles. The van der Waals surface area contributed by atoms with E-state index >= 15 is 0 Å². The number of halogens is 3. The molecule has 0 amide bonds. The number of hydrogen-bond donors (Lipinski definition) is 0. The Morgan fingerprint density at radius 1 is 1.14 bits per heavy atom. The lowest BCUT2D eigenvalue weighted by Crippen LogP contribution is -2.24. The minimum absolute atomic E-state index is 0.204. The zero-order valence-electron chi connectivity index (χ0n) is 11.8. The molecule has 4 heteroatoms. The summed E-state index contributed by atoms with van der Waals surface area (Å²) in [7, 11) is 0. The summed E-state index contributed by atoms with van der Waals surface area (Å²) in [6, 6.07) is 9.48. The van der Waals surface area contributed by atoms with Crippen LogP contribution in [0.2, 0.25) is 0 Å². The second kappa shape index (κ2) is 5.09. The van der Waals surface area contributed by atoms with Crippen LogP contribution in [0.15, 0.2) is 36.4 Å². The van der Waals surface area contributed by atoms with E-state index < -0.39 is 11.6 Å². The fraction of sp³-hybridized carbons (Fsp3) is 0.294. The van der Waals surface area contributed by atoms with Gasteiger partial charge in [-0.3, -0.25) is 0 Å². The molecule has 3 rings (SSSR count). The maximum Gasteiger partial charge on any atom is 0.130 e. The number of alkyl halides is 1. The van der Waals surface area contributed by atoms with Gasteiger partial charge in [0.25, 0.3) is 0 Å². The Labute approximate surface area is 131 Å². The number of fused-ring (bicyclic) bond motifs is 1. The Morgan fingerprint density at radius 3 is 2.62 bits per heavy atom. The van der Waals surface area contributed by atoms with Gasteiger partial charge in [0.05, 0.1) is 4.83 Å². The fourth-order valence-electron chi connectivity index (χ4n) is 2.67. The molecule has 1 aliphatic heterocycles.